The van der Waals surface area contributed by atoms with E-state index >= 15 is 0 Å². The largest absolute Gasteiger partial charge is 0.488 e. The molecule has 0 aliphatic rings. The highest BCUT2D eigenvalue weighted by Crippen LogP contribution is 2.28. The highest BCUT2D eigenvalue weighted by molar-refractivity contribution is 5.50. The van der Waals surface area contributed by atoms with Gasteiger partial charge in [-0.25, -0.2) is 9.48 Å². The number of ether oxygens (including phenoxy) is 1. The number of benzene rings is 2. The minimum Gasteiger partial charge on any atom is -0.488 e. The fraction of sp³-hybridized carbons (Fsp3) is 0.273. The average molecular weight is 404 g/mol. The predicted octanol–water partition coefficient (Wildman–Crippen LogP) is 2.96. The molecule has 0 aliphatic carbocycles. The Bertz CT molecular complexity index is 1260. The molecule has 0 saturated carbocycles. The Balaban J connectivity index is 1.66. The van der Waals surface area contributed by atoms with E-state index in [-0.39, 0.29) is 5.69 Å². The molecule has 0 amide bonds. The van der Waals surface area contributed by atoms with Gasteiger partial charge < -0.3 is 4.74 Å². The van der Waals surface area contributed by atoms with Crippen LogP contribution in [0.5, 0.6) is 5.75 Å². The molecule has 0 aliphatic heterocycles. The van der Waals surface area contributed by atoms with Crippen molar-refractivity contribution in [2.24, 2.45) is 7.05 Å². The number of aromatic nitrogens is 6. The van der Waals surface area contributed by atoms with Crippen LogP contribution in [0.3, 0.4) is 0 Å². The van der Waals surface area contributed by atoms with E-state index < -0.39 is 0 Å². The van der Waals surface area contributed by atoms with Gasteiger partial charge in [-0.1, -0.05) is 12.1 Å². The van der Waals surface area contributed by atoms with Crippen LogP contribution in [0.1, 0.15) is 27.9 Å². The summed E-state index contributed by atoms with van der Waals surface area (Å²) in [5.41, 5.74) is 6.29. The van der Waals surface area contributed by atoms with Gasteiger partial charge in [0.2, 0.25) is 0 Å². The quantitative estimate of drug-likeness (QED) is 0.511. The van der Waals surface area contributed by atoms with Gasteiger partial charge in [0.05, 0.1) is 17.1 Å². The maximum atomic E-state index is 12.3. The fourth-order valence-corrected chi connectivity index (χ4v) is 3.53. The molecule has 30 heavy (non-hydrogen) atoms. The van der Waals surface area contributed by atoms with Crippen molar-refractivity contribution in [1.82, 2.24) is 29.6 Å². The van der Waals surface area contributed by atoms with Crippen LogP contribution in [-0.2, 0) is 13.7 Å². The van der Waals surface area contributed by atoms with Crippen LogP contribution in [0.2, 0.25) is 0 Å². The lowest BCUT2D eigenvalue weighted by Crippen LogP contribution is -2.23. The van der Waals surface area contributed by atoms with Gasteiger partial charge in [0, 0.05) is 18.8 Å². The predicted molar refractivity (Wildman–Crippen MR) is 113 cm³/mol. The number of rotatable bonds is 5. The molecule has 154 valence electrons. The number of aryl methyl sites for hydroxylation is 5. The van der Waals surface area contributed by atoms with Crippen molar-refractivity contribution in [3.63, 3.8) is 0 Å². The summed E-state index contributed by atoms with van der Waals surface area (Å²) in [5, 5.41) is 12.3. The third-order valence-corrected chi connectivity index (χ3v) is 5.13. The topological polar surface area (TPSA) is 79.8 Å². The Hall–Kier alpha value is -3.68. The Morgan fingerprint density at radius 2 is 1.70 bits per heavy atom. The van der Waals surface area contributed by atoms with E-state index in [4.69, 9.17) is 4.74 Å². The van der Waals surface area contributed by atoms with E-state index in [2.05, 4.69) is 27.7 Å². The molecule has 0 saturated heterocycles. The Morgan fingerprint density at radius 3 is 2.30 bits per heavy atom. The molecule has 4 rings (SSSR count). The summed E-state index contributed by atoms with van der Waals surface area (Å²) >= 11 is 0. The van der Waals surface area contributed by atoms with Gasteiger partial charge in [0.25, 0.3) is 0 Å². The zero-order valence-corrected chi connectivity index (χ0v) is 17.7. The van der Waals surface area contributed by atoms with Gasteiger partial charge in [-0.15, -0.1) is 0 Å². The summed E-state index contributed by atoms with van der Waals surface area (Å²) < 4.78 is 10.6. The summed E-state index contributed by atoms with van der Waals surface area (Å²) in [6.07, 6.45) is 1.95. The number of hydrogen-bond donors (Lipinski definition) is 0. The van der Waals surface area contributed by atoms with Crippen molar-refractivity contribution in [2.75, 3.05) is 0 Å². The molecule has 0 bridgehead atoms. The fourth-order valence-electron chi connectivity index (χ4n) is 3.53. The molecule has 0 radical (unpaired) electrons. The van der Waals surface area contributed by atoms with Crippen molar-refractivity contribution < 1.29 is 4.74 Å². The SMILES string of the molecule is Cc1ccn(-c2cc(C)c(OCc3c(C)cccc3-n3nnn(C)c3=O)c(C)c2)n1. The Morgan fingerprint density at radius 1 is 0.967 bits per heavy atom. The molecule has 0 N–H and O–H groups in total. The number of hydrogen-bond acceptors (Lipinski definition) is 5. The number of tetrazole rings is 1. The van der Waals surface area contributed by atoms with Gasteiger partial charge in [0.15, 0.2) is 0 Å². The lowest BCUT2D eigenvalue weighted by Gasteiger charge is -2.17. The molecule has 2 aromatic heterocycles. The van der Waals surface area contributed by atoms with Crippen LogP contribution in [0.15, 0.2) is 47.4 Å². The van der Waals surface area contributed by atoms with Crippen LogP contribution in [-0.4, -0.2) is 29.6 Å². The van der Waals surface area contributed by atoms with Crippen molar-refractivity contribution in [2.45, 2.75) is 34.3 Å². The third-order valence-electron chi connectivity index (χ3n) is 5.13. The lowest BCUT2D eigenvalue weighted by atomic mass is 10.1. The molecule has 0 atom stereocenters. The van der Waals surface area contributed by atoms with Crippen molar-refractivity contribution in [3.05, 3.63) is 81.0 Å². The third kappa shape index (κ3) is 3.52. The van der Waals surface area contributed by atoms with E-state index in [1.165, 1.54) is 9.36 Å². The van der Waals surface area contributed by atoms with Crippen molar-refractivity contribution in [3.8, 4) is 17.1 Å². The zero-order chi connectivity index (χ0) is 21.4. The summed E-state index contributed by atoms with van der Waals surface area (Å²) in [6, 6.07) is 11.8. The standard InChI is InChI=1S/C22H24N6O2/c1-14-7-6-8-20(28-22(29)26(5)24-25-28)19(14)13-30-21-15(2)11-18(12-16(21)3)27-10-9-17(4)23-27/h6-12H,13H2,1-5H3. The van der Waals surface area contributed by atoms with Crippen molar-refractivity contribution in [1.29, 1.82) is 0 Å². The number of nitrogens with zero attached hydrogens (tertiary/aromatic N) is 6. The van der Waals surface area contributed by atoms with Crippen LogP contribution in [0.25, 0.3) is 11.4 Å². The highest BCUT2D eigenvalue weighted by atomic mass is 16.5. The van der Waals surface area contributed by atoms with E-state index in [9.17, 15) is 4.79 Å². The van der Waals surface area contributed by atoms with Gasteiger partial charge >= 0.3 is 5.69 Å². The van der Waals surface area contributed by atoms with Gasteiger partial charge in [-0.2, -0.15) is 14.5 Å². The van der Waals surface area contributed by atoms with Gasteiger partial charge in [-0.05, 0) is 79.1 Å². The van der Waals surface area contributed by atoms with Crippen molar-refractivity contribution >= 4 is 0 Å². The first-order valence-electron chi connectivity index (χ1n) is 9.69. The molecule has 8 heteroatoms. The molecule has 8 nitrogen and oxygen atoms in total. The molecule has 2 heterocycles. The highest BCUT2D eigenvalue weighted by Gasteiger charge is 2.15. The second kappa shape index (κ2) is 7.62. The minimum atomic E-state index is -0.298. The monoisotopic (exact) mass is 404 g/mol. The smallest absolute Gasteiger partial charge is 0.368 e. The van der Waals surface area contributed by atoms with E-state index in [1.54, 1.807) is 7.05 Å². The van der Waals surface area contributed by atoms with E-state index in [0.717, 1.165) is 39.4 Å². The molecular formula is C22H24N6O2. The molecule has 0 spiro atoms. The Kier molecular flexibility index (Phi) is 4.99. The van der Waals surface area contributed by atoms with Crippen LogP contribution in [0.4, 0.5) is 0 Å². The first-order chi connectivity index (χ1) is 14.3. The molecule has 4 aromatic rings. The average Bonchev–Trinajstić information content (AvgIpc) is 3.28. The molecule has 0 unspecified atom stereocenters. The van der Waals surface area contributed by atoms with Gasteiger partial charge in [0.1, 0.15) is 12.4 Å². The minimum absolute atomic E-state index is 0.298. The maximum Gasteiger partial charge on any atom is 0.368 e. The first kappa shape index (κ1) is 19.6. The second-order valence-electron chi connectivity index (χ2n) is 7.47. The van der Waals surface area contributed by atoms with Crippen LogP contribution in [0, 0.1) is 27.7 Å². The molecule has 0 fully saturated rings. The summed E-state index contributed by atoms with van der Waals surface area (Å²) in [6.45, 7) is 8.32. The molecular weight excluding hydrogens is 380 g/mol. The first-order valence-corrected chi connectivity index (χ1v) is 9.69. The van der Waals surface area contributed by atoms with E-state index in [0.29, 0.717) is 12.3 Å². The lowest BCUT2D eigenvalue weighted by molar-refractivity contribution is 0.300. The normalized spacial score (nSPS) is 11.1. The maximum absolute atomic E-state index is 12.3. The van der Waals surface area contributed by atoms with Gasteiger partial charge in [-0.3, -0.25) is 0 Å². The van der Waals surface area contributed by atoms with E-state index in [1.807, 2.05) is 62.8 Å². The molecule has 2 aromatic carbocycles. The summed E-state index contributed by atoms with van der Waals surface area (Å²) in [5.74, 6) is 0.823. The Labute approximate surface area is 174 Å². The second-order valence-corrected chi connectivity index (χ2v) is 7.47. The zero-order valence-electron chi connectivity index (χ0n) is 17.7. The summed E-state index contributed by atoms with van der Waals surface area (Å²) in [4.78, 5) is 12.3. The summed E-state index contributed by atoms with van der Waals surface area (Å²) in [7, 11) is 1.58. The van der Waals surface area contributed by atoms with Crippen LogP contribution < -0.4 is 10.4 Å². The van der Waals surface area contributed by atoms with Crippen LogP contribution >= 0.6 is 0 Å².